The molecule has 0 aliphatic rings. The maximum Gasteiger partial charge on any atom is 0.155 e. The molecule has 0 saturated heterocycles. The number of rotatable bonds is 2. The molecule has 1 nitrogen and oxygen atoms in total. The van der Waals surface area contributed by atoms with Crippen molar-refractivity contribution in [3.8, 4) is 0 Å². The normalized spacial score (nSPS) is 11.9. The first-order chi connectivity index (χ1) is 6.38. The zero-order valence-electron chi connectivity index (χ0n) is 7.94. The summed E-state index contributed by atoms with van der Waals surface area (Å²) in [6, 6.07) is 3.18. The van der Waals surface area contributed by atoms with Crippen LogP contribution in [0.2, 0.25) is 5.02 Å². The molecule has 1 N–H and O–H groups in total. The van der Waals surface area contributed by atoms with Gasteiger partial charge in [0.25, 0.3) is 0 Å². The maximum atomic E-state index is 13.2. The number of hydrogen-bond acceptors (Lipinski definition) is 1. The van der Waals surface area contributed by atoms with Crippen molar-refractivity contribution in [2.24, 2.45) is 0 Å². The third-order valence-electron chi connectivity index (χ3n) is 2.16. The van der Waals surface area contributed by atoms with E-state index >= 15 is 0 Å². The molecule has 0 bridgehead atoms. The van der Waals surface area contributed by atoms with E-state index in [1.165, 1.54) is 6.07 Å². The molecule has 0 radical (unpaired) electrons. The first-order valence-electron chi connectivity index (χ1n) is 4.14. The second kappa shape index (κ2) is 4.17. The lowest BCUT2D eigenvalue weighted by Crippen LogP contribution is -2.22. The Morgan fingerprint density at radius 3 is 2.50 bits per heavy atom. The van der Waals surface area contributed by atoms with Crippen LogP contribution in [-0.4, -0.2) is 11.7 Å². The van der Waals surface area contributed by atoms with Gasteiger partial charge in [0.2, 0.25) is 0 Å². The van der Waals surface area contributed by atoms with Gasteiger partial charge in [-0.2, -0.15) is 0 Å². The highest BCUT2D eigenvalue weighted by Gasteiger charge is 2.21. The lowest BCUT2D eigenvalue weighted by molar-refractivity contribution is 0.218. The SMILES string of the molecule is CC(C)(CO)c1cc(Cl)c(F)c(Br)c1. The summed E-state index contributed by atoms with van der Waals surface area (Å²) in [5.41, 5.74) is 0.387. The first kappa shape index (κ1) is 12.0. The third kappa shape index (κ3) is 2.27. The highest BCUT2D eigenvalue weighted by Crippen LogP contribution is 2.31. The number of aliphatic hydroxyl groups is 1. The van der Waals surface area contributed by atoms with Crippen LogP contribution in [-0.2, 0) is 5.41 Å². The molecular formula is C10H11BrClFO. The standard InChI is InChI=1S/C10H11BrClFO/c1-10(2,5-14)6-3-7(11)9(13)8(12)4-6/h3-4,14H,5H2,1-2H3. The lowest BCUT2D eigenvalue weighted by atomic mass is 9.86. The van der Waals surface area contributed by atoms with Crippen LogP contribution in [0.1, 0.15) is 19.4 Å². The summed E-state index contributed by atoms with van der Waals surface area (Å²) in [7, 11) is 0. The van der Waals surface area contributed by atoms with Crippen molar-refractivity contribution in [3.05, 3.63) is 33.0 Å². The van der Waals surface area contributed by atoms with Crippen LogP contribution in [0.15, 0.2) is 16.6 Å². The molecule has 0 amide bonds. The van der Waals surface area contributed by atoms with Gasteiger partial charge in [0.1, 0.15) is 0 Å². The van der Waals surface area contributed by atoms with E-state index in [1.54, 1.807) is 6.07 Å². The molecule has 0 saturated carbocycles. The Morgan fingerprint density at radius 2 is 2.07 bits per heavy atom. The van der Waals surface area contributed by atoms with Crippen molar-refractivity contribution in [3.63, 3.8) is 0 Å². The summed E-state index contributed by atoms with van der Waals surface area (Å²) in [6.07, 6.45) is 0. The summed E-state index contributed by atoms with van der Waals surface area (Å²) in [5.74, 6) is -0.468. The number of halogens is 3. The number of aliphatic hydroxyl groups excluding tert-OH is 1. The molecule has 0 aliphatic carbocycles. The van der Waals surface area contributed by atoms with Gasteiger partial charge >= 0.3 is 0 Å². The summed E-state index contributed by atoms with van der Waals surface area (Å²) in [5, 5.41) is 9.21. The van der Waals surface area contributed by atoms with E-state index in [4.69, 9.17) is 16.7 Å². The van der Waals surface area contributed by atoms with E-state index in [9.17, 15) is 4.39 Å². The quantitative estimate of drug-likeness (QED) is 0.823. The Labute approximate surface area is 96.0 Å². The van der Waals surface area contributed by atoms with Crippen molar-refractivity contribution < 1.29 is 9.50 Å². The Bertz CT molecular complexity index is 329. The predicted octanol–water partition coefficient (Wildman–Crippen LogP) is 3.51. The van der Waals surface area contributed by atoms with Crippen molar-refractivity contribution in [1.29, 1.82) is 0 Å². The van der Waals surface area contributed by atoms with Gasteiger partial charge in [-0.1, -0.05) is 25.4 Å². The molecule has 0 atom stereocenters. The van der Waals surface area contributed by atoms with Crippen LogP contribution in [0.4, 0.5) is 4.39 Å². The summed E-state index contributed by atoms with van der Waals surface area (Å²) < 4.78 is 13.5. The van der Waals surface area contributed by atoms with Crippen LogP contribution in [0.3, 0.4) is 0 Å². The lowest BCUT2D eigenvalue weighted by Gasteiger charge is -2.22. The molecule has 0 spiro atoms. The van der Waals surface area contributed by atoms with Crippen LogP contribution in [0.5, 0.6) is 0 Å². The van der Waals surface area contributed by atoms with Crippen molar-refractivity contribution in [2.45, 2.75) is 19.3 Å². The first-order valence-corrected chi connectivity index (χ1v) is 5.31. The van der Waals surface area contributed by atoms with E-state index in [2.05, 4.69) is 15.9 Å². The predicted molar refractivity (Wildman–Crippen MR) is 59.2 cm³/mol. The average Bonchev–Trinajstić information content (AvgIpc) is 2.13. The smallest absolute Gasteiger partial charge is 0.155 e. The molecule has 1 aromatic carbocycles. The third-order valence-corrected chi connectivity index (χ3v) is 3.01. The van der Waals surface area contributed by atoms with E-state index in [0.29, 0.717) is 4.47 Å². The minimum atomic E-state index is -0.468. The highest BCUT2D eigenvalue weighted by atomic mass is 79.9. The average molecular weight is 282 g/mol. The zero-order chi connectivity index (χ0) is 10.9. The van der Waals surface area contributed by atoms with Crippen molar-refractivity contribution in [2.75, 3.05) is 6.61 Å². The van der Waals surface area contributed by atoms with Crippen LogP contribution in [0, 0.1) is 5.82 Å². The van der Waals surface area contributed by atoms with E-state index in [-0.39, 0.29) is 11.6 Å². The van der Waals surface area contributed by atoms with Gasteiger partial charge in [-0.25, -0.2) is 4.39 Å². The van der Waals surface area contributed by atoms with E-state index < -0.39 is 11.2 Å². The number of benzene rings is 1. The van der Waals surface area contributed by atoms with Gasteiger partial charge in [0.05, 0.1) is 16.1 Å². The molecule has 78 valence electrons. The fourth-order valence-corrected chi connectivity index (χ4v) is 1.83. The Hall–Kier alpha value is -0.120. The molecular weight excluding hydrogens is 270 g/mol. The monoisotopic (exact) mass is 280 g/mol. The molecule has 1 rings (SSSR count). The Morgan fingerprint density at radius 1 is 1.50 bits per heavy atom. The van der Waals surface area contributed by atoms with E-state index in [1.807, 2.05) is 13.8 Å². The fourth-order valence-electron chi connectivity index (χ4n) is 1.04. The summed E-state index contributed by atoms with van der Waals surface area (Å²) in [4.78, 5) is 0. The van der Waals surface area contributed by atoms with Gasteiger partial charge in [-0.05, 0) is 33.6 Å². The molecule has 0 aliphatic heterocycles. The van der Waals surface area contributed by atoms with Gasteiger partial charge in [0.15, 0.2) is 5.82 Å². The maximum absolute atomic E-state index is 13.2. The Balaban J connectivity index is 3.26. The molecule has 0 unspecified atom stereocenters. The van der Waals surface area contributed by atoms with Crippen molar-refractivity contribution >= 4 is 27.5 Å². The van der Waals surface area contributed by atoms with Gasteiger partial charge < -0.3 is 5.11 Å². The van der Waals surface area contributed by atoms with Gasteiger partial charge in [-0.15, -0.1) is 0 Å². The van der Waals surface area contributed by atoms with Gasteiger partial charge in [-0.3, -0.25) is 0 Å². The Kier molecular flexibility index (Phi) is 3.56. The molecule has 1 aromatic rings. The largest absolute Gasteiger partial charge is 0.395 e. The van der Waals surface area contributed by atoms with Crippen LogP contribution < -0.4 is 0 Å². The minimum Gasteiger partial charge on any atom is -0.395 e. The van der Waals surface area contributed by atoms with Crippen LogP contribution >= 0.6 is 27.5 Å². The minimum absolute atomic E-state index is 0.0125. The molecule has 4 heteroatoms. The van der Waals surface area contributed by atoms with E-state index in [0.717, 1.165) is 5.56 Å². The molecule has 0 fully saturated rings. The van der Waals surface area contributed by atoms with Gasteiger partial charge in [0, 0.05) is 5.41 Å². The second-order valence-corrected chi connectivity index (χ2v) is 5.06. The zero-order valence-corrected chi connectivity index (χ0v) is 10.3. The summed E-state index contributed by atoms with van der Waals surface area (Å²) >= 11 is 8.77. The van der Waals surface area contributed by atoms with Crippen LogP contribution in [0.25, 0.3) is 0 Å². The molecule has 0 heterocycles. The topological polar surface area (TPSA) is 20.2 Å². The summed E-state index contributed by atoms with van der Waals surface area (Å²) in [6.45, 7) is 3.72. The molecule has 14 heavy (non-hydrogen) atoms. The van der Waals surface area contributed by atoms with Crippen molar-refractivity contribution in [1.82, 2.24) is 0 Å². The fraction of sp³-hybridized carbons (Fsp3) is 0.400. The molecule has 0 aromatic heterocycles. The number of hydrogen-bond donors (Lipinski definition) is 1. The highest BCUT2D eigenvalue weighted by molar-refractivity contribution is 9.10. The second-order valence-electron chi connectivity index (χ2n) is 3.80.